The fourth-order valence-corrected chi connectivity index (χ4v) is 3.43. The first kappa shape index (κ1) is 13.3. The van der Waals surface area contributed by atoms with Gasteiger partial charge in [0.2, 0.25) is 0 Å². The summed E-state index contributed by atoms with van der Waals surface area (Å²) in [7, 11) is 0. The lowest BCUT2D eigenvalue weighted by Crippen LogP contribution is -2.21. The molecule has 1 aromatic heterocycles. The Hall–Kier alpha value is -0.120. The van der Waals surface area contributed by atoms with Crippen molar-refractivity contribution in [2.75, 3.05) is 19.6 Å². The molecule has 0 spiro atoms. The molecule has 0 amide bonds. The average Bonchev–Trinajstić information content (AvgIpc) is 2.93. The van der Waals surface area contributed by atoms with Gasteiger partial charge in [-0.1, -0.05) is 6.92 Å². The first-order chi connectivity index (χ1) is 8.28. The van der Waals surface area contributed by atoms with Crippen molar-refractivity contribution in [3.8, 4) is 0 Å². The van der Waals surface area contributed by atoms with Gasteiger partial charge in [0.25, 0.3) is 0 Å². The molecule has 0 saturated carbocycles. The van der Waals surface area contributed by atoms with Crippen molar-refractivity contribution in [2.24, 2.45) is 5.92 Å². The van der Waals surface area contributed by atoms with Crippen LogP contribution in [0.15, 0.2) is 5.38 Å². The standard InChI is InChI=1S/C13H21ClN2S/c1-11-5-7-16(9-11)6-3-2-4-13-15-12(8-14)10-17-13/h10-11H,2-9H2,1H3. The molecule has 2 rings (SSSR count). The number of thiazole rings is 1. The molecule has 4 heteroatoms. The fraction of sp³-hybridized carbons (Fsp3) is 0.769. The van der Waals surface area contributed by atoms with Crippen LogP contribution in [0.4, 0.5) is 0 Å². The number of halogens is 1. The Kier molecular flexibility index (Phi) is 5.26. The predicted octanol–water partition coefficient (Wildman–Crippen LogP) is 3.55. The molecule has 1 unspecified atom stereocenters. The number of aryl methyl sites for hydroxylation is 1. The minimum atomic E-state index is 0.544. The summed E-state index contributed by atoms with van der Waals surface area (Å²) in [4.78, 5) is 7.08. The SMILES string of the molecule is CC1CCN(CCCCc2nc(CCl)cs2)C1. The van der Waals surface area contributed by atoms with E-state index in [1.807, 2.05) is 0 Å². The summed E-state index contributed by atoms with van der Waals surface area (Å²) in [5.74, 6) is 1.45. The smallest absolute Gasteiger partial charge is 0.0928 e. The van der Waals surface area contributed by atoms with Crippen LogP contribution in [0.25, 0.3) is 0 Å². The van der Waals surface area contributed by atoms with Gasteiger partial charge in [-0.05, 0) is 44.7 Å². The molecular formula is C13H21ClN2S. The summed E-state index contributed by atoms with van der Waals surface area (Å²) in [5.41, 5.74) is 1.03. The van der Waals surface area contributed by atoms with Crippen molar-refractivity contribution < 1.29 is 0 Å². The number of hydrogen-bond acceptors (Lipinski definition) is 3. The van der Waals surface area contributed by atoms with Crippen LogP contribution in [0, 0.1) is 5.92 Å². The maximum absolute atomic E-state index is 5.74. The Balaban J connectivity index is 1.59. The average molecular weight is 273 g/mol. The molecule has 2 nitrogen and oxygen atoms in total. The van der Waals surface area contributed by atoms with Crippen molar-refractivity contribution in [3.63, 3.8) is 0 Å². The van der Waals surface area contributed by atoms with Crippen molar-refractivity contribution in [1.29, 1.82) is 0 Å². The lowest BCUT2D eigenvalue weighted by atomic mass is 10.2. The van der Waals surface area contributed by atoms with Crippen LogP contribution in [0.5, 0.6) is 0 Å². The van der Waals surface area contributed by atoms with Gasteiger partial charge in [-0.25, -0.2) is 4.98 Å². The van der Waals surface area contributed by atoms with Crippen molar-refractivity contribution in [1.82, 2.24) is 9.88 Å². The second kappa shape index (κ2) is 6.72. The molecule has 0 aliphatic carbocycles. The van der Waals surface area contributed by atoms with Crippen LogP contribution in [-0.2, 0) is 12.3 Å². The maximum Gasteiger partial charge on any atom is 0.0928 e. The van der Waals surface area contributed by atoms with Crippen molar-refractivity contribution in [2.45, 2.75) is 38.5 Å². The van der Waals surface area contributed by atoms with E-state index in [2.05, 4.69) is 22.2 Å². The Morgan fingerprint density at radius 1 is 1.53 bits per heavy atom. The van der Waals surface area contributed by atoms with E-state index in [0.717, 1.165) is 18.0 Å². The Labute approximate surface area is 113 Å². The fourth-order valence-electron chi connectivity index (χ4n) is 2.37. The van der Waals surface area contributed by atoms with Gasteiger partial charge in [-0.3, -0.25) is 0 Å². The molecule has 2 heterocycles. The lowest BCUT2D eigenvalue weighted by molar-refractivity contribution is 0.320. The van der Waals surface area contributed by atoms with Crippen LogP contribution >= 0.6 is 22.9 Å². The van der Waals surface area contributed by atoms with Gasteiger partial charge >= 0.3 is 0 Å². The van der Waals surface area contributed by atoms with Crippen LogP contribution in [0.2, 0.25) is 0 Å². The molecule has 17 heavy (non-hydrogen) atoms. The lowest BCUT2D eigenvalue weighted by Gasteiger charge is -2.14. The number of hydrogen-bond donors (Lipinski definition) is 0. The highest BCUT2D eigenvalue weighted by Crippen LogP contribution is 2.17. The quantitative estimate of drug-likeness (QED) is 0.582. The van der Waals surface area contributed by atoms with E-state index in [4.69, 9.17) is 11.6 Å². The van der Waals surface area contributed by atoms with E-state index in [0.29, 0.717) is 5.88 Å². The normalized spacial score (nSPS) is 21.2. The van der Waals surface area contributed by atoms with Crippen LogP contribution in [0.3, 0.4) is 0 Å². The Morgan fingerprint density at radius 3 is 3.06 bits per heavy atom. The molecule has 0 bridgehead atoms. The largest absolute Gasteiger partial charge is 0.303 e. The van der Waals surface area contributed by atoms with E-state index in [1.54, 1.807) is 11.3 Å². The van der Waals surface area contributed by atoms with Crippen LogP contribution in [0.1, 0.15) is 36.9 Å². The highest BCUT2D eigenvalue weighted by atomic mass is 35.5. The van der Waals surface area contributed by atoms with Crippen molar-refractivity contribution in [3.05, 3.63) is 16.1 Å². The summed E-state index contributed by atoms with van der Waals surface area (Å²) in [6.07, 6.45) is 5.04. The second-order valence-corrected chi connectivity index (χ2v) is 6.23. The Morgan fingerprint density at radius 2 is 2.41 bits per heavy atom. The van der Waals surface area contributed by atoms with Crippen LogP contribution in [-0.4, -0.2) is 29.5 Å². The minimum Gasteiger partial charge on any atom is -0.303 e. The van der Waals surface area contributed by atoms with Gasteiger partial charge in [0.15, 0.2) is 0 Å². The zero-order chi connectivity index (χ0) is 12.1. The third-order valence-corrected chi connectivity index (χ3v) is 4.59. The summed E-state index contributed by atoms with van der Waals surface area (Å²) in [5, 5.41) is 3.32. The molecule has 1 fully saturated rings. The van der Waals surface area contributed by atoms with E-state index < -0.39 is 0 Å². The molecule has 1 aromatic rings. The molecule has 0 N–H and O–H groups in total. The molecular weight excluding hydrogens is 252 g/mol. The molecule has 0 aromatic carbocycles. The summed E-state index contributed by atoms with van der Waals surface area (Å²) < 4.78 is 0. The third kappa shape index (κ3) is 4.23. The predicted molar refractivity (Wildman–Crippen MR) is 74.8 cm³/mol. The van der Waals surface area contributed by atoms with Gasteiger partial charge in [0.05, 0.1) is 16.6 Å². The molecule has 0 radical (unpaired) electrons. The monoisotopic (exact) mass is 272 g/mol. The number of aromatic nitrogens is 1. The maximum atomic E-state index is 5.74. The van der Waals surface area contributed by atoms with Gasteiger partial charge in [-0.15, -0.1) is 22.9 Å². The minimum absolute atomic E-state index is 0.544. The van der Waals surface area contributed by atoms with Gasteiger partial charge in [-0.2, -0.15) is 0 Å². The molecule has 1 aliphatic heterocycles. The third-order valence-electron chi connectivity index (χ3n) is 3.36. The molecule has 1 saturated heterocycles. The highest BCUT2D eigenvalue weighted by Gasteiger charge is 2.17. The summed E-state index contributed by atoms with van der Waals surface area (Å²) >= 11 is 7.49. The molecule has 1 atom stereocenters. The van der Waals surface area contributed by atoms with E-state index in [9.17, 15) is 0 Å². The molecule has 1 aliphatic rings. The van der Waals surface area contributed by atoms with Gasteiger partial charge < -0.3 is 4.90 Å². The van der Waals surface area contributed by atoms with E-state index >= 15 is 0 Å². The first-order valence-corrected chi connectivity index (χ1v) is 7.91. The number of nitrogens with zero attached hydrogens (tertiary/aromatic N) is 2. The molecule has 96 valence electrons. The summed E-state index contributed by atoms with van der Waals surface area (Å²) in [6.45, 7) is 6.21. The topological polar surface area (TPSA) is 16.1 Å². The number of rotatable bonds is 6. The van der Waals surface area contributed by atoms with Gasteiger partial charge in [0.1, 0.15) is 0 Å². The Bertz CT molecular complexity index is 340. The summed E-state index contributed by atoms with van der Waals surface area (Å²) in [6, 6.07) is 0. The zero-order valence-electron chi connectivity index (χ0n) is 10.5. The van der Waals surface area contributed by atoms with E-state index in [-0.39, 0.29) is 0 Å². The zero-order valence-corrected chi connectivity index (χ0v) is 12.1. The first-order valence-electron chi connectivity index (χ1n) is 6.49. The number of likely N-dealkylation sites (tertiary alicyclic amines) is 1. The second-order valence-electron chi connectivity index (χ2n) is 5.02. The van der Waals surface area contributed by atoms with Gasteiger partial charge in [0, 0.05) is 11.9 Å². The highest BCUT2D eigenvalue weighted by molar-refractivity contribution is 7.09. The number of unbranched alkanes of at least 4 members (excludes halogenated alkanes) is 1. The van der Waals surface area contributed by atoms with Crippen molar-refractivity contribution >= 4 is 22.9 Å². The van der Waals surface area contributed by atoms with Crippen LogP contribution < -0.4 is 0 Å². The number of alkyl halides is 1. The van der Waals surface area contributed by atoms with E-state index in [1.165, 1.54) is 43.9 Å².